The second-order valence-corrected chi connectivity index (χ2v) is 9.14. The standard InChI is InChI=1S/C22H27ClN6O4/c23-18-13-10-17(27-14(13)5-7-25-18)22(33)29-16(8-11-3-4-11)21(32)28-15(19(24)30)9-12-2-1-6-26-20(12)31/h5,7,10-12,15-16,27H,1-4,6,8-9H2,(H2,24,30)(H,26,31)(H,28,32)(H,29,33)/t12-,15-,16-/m0/s1. The number of H-pyrrole nitrogens is 1. The van der Waals surface area contributed by atoms with Gasteiger partial charge in [0.2, 0.25) is 17.7 Å². The Labute approximate surface area is 195 Å². The molecule has 10 nitrogen and oxygen atoms in total. The summed E-state index contributed by atoms with van der Waals surface area (Å²) in [5.74, 6) is -1.87. The van der Waals surface area contributed by atoms with Crippen LogP contribution in [0.15, 0.2) is 18.3 Å². The van der Waals surface area contributed by atoms with Crippen molar-refractivity contribution in [2.45, 2.75) is 50.6 Å². The van der Waals surface area contributed by atoms with E-state index in [-0.39, 0.29) is 23.2 Å². The highest BCUT2D eigenvalue weighted by molar-refractivity contribution is 6.34. The summed E-state index contributed by atoms with van der Waals surface area (Å²) in [6.07, 6.45) is 5.51. The van der Waals surface area contributed by atoms with Crippen LogP contribution in [0.3, 0.4) is 0 Å². The van der Waals surface area contributed by atoms with Crippen LogP contribution in [0.5, 0.6) is 0 Å². The summed E-state index contributed by atoms with van der Waals surface area (Å²) in [7, 11) is 0. The van der Waals surface area contributed by atoms with Crippen LogP contribution < -0.4 is 21.7 Å². The highest BCUT2D eigenvalue weighted by atomic mass is 35.5. The number of fused-ring (bicyclic) bond motifs is 1. The number of pyridine rings is 1. The molecule has 2 aromatic rings. The highest BCUT2D eigenvalue weighted by Crippen LogP contribution is 2.33. The number of carbonyl (C=O) groups is 4. The van der Waals surface area contributed by atoms with Crippen molar-refractivity contribution in [1.82, 2.24) is 25.9 Å². The van der Waals surface area contributed by atoms with Gasteiger partial charge in [-0.2, -0.15) is 0 Å². The molecule has 0 bridgehead atoms. The van der Waals surface area contributed by atoms with E-state index in [1.165, 1.54) is 6.20 Å². The lowest BCUT2D eigenvalue weighted by Gasteiger charge is -2.27. The Hall–Kier alpha value is -3.14. The van der Waals surface area contributed by atoms with E-state index in [0.29, 0.717) is 36.2 Å². The van der Waals surface area contributed by atoms with E-state index >= 15 is 0 Å². The molecule has 176 valence electrons. The molecule has 2 aromatic heterocycles. The maximum absolute atomic E-state index is 13.1. The van der Waals surface area contributed by atoms with Crippen molar-refractivity contribution < 1.29 is 19.2 Å². The molecule has 6 N–H and O–H groups in total. The second kappa shape index (κ2) is 9.78. The largest absolute Gasteiger partial charge is 0.368 e. The van der Waals surface area contributed by atoms with Crippen LogP contribution in [0.2, 0.25) is 5.15 Å². The van der Waals surface area contributed by atoms with Crippen LogP contribution in [0.1, 0.15) is 49.0 Å². The molecule has 1 saturated heterocycles. The van der Waals surface area contributed by atoms with Gasteiger partial charge in [-0.25, -0.2) is 4.98 Å². The number of amides is 4. The fourth-order valence-electron chi connectivity index (χ4n) is 4.16. The summed E-state index contributed by atoms with van der Waals surface area (Å²) in [5.41, 5.74) is 6.42. The highest BCUT2D eigenvalue weighted by Gasteiger charge is 2.34. The predicted molar refractivity (Wildman–Crippen MR) is 121 cm³/mol. The molecule has 2 fully saturated rings. The minimum absolute atomic E-state index is 0.129. The summed E-state index contributed by atoms with van der Waals surface area (Å²) in [5, 5.41) is 9.07. The molecule has 0 aromatic carbocycles. The van der Waals surface area contributed by atoms with Gasteiger partial charge < -0.3 is 26.7 Å². The van der Waals surface area contributed by atoms with Crippen LogP contribution in [-0.2, 0) is 14.4 Å². The summed E-state index contributed by atoms with van der Waals surface area (Å²) in [6, 6.07) is 1.44. The monoisotopic (exact) mass is 474 g/mol. The lowest BCUT2D eigenvalue weighted by atomic mass is 9.91. The summed E-state index contributed by atoms with van der Waals surface area (Å²) < 4.78 is 0. The van der Waals surface area contributed by atoms with Crippen LogP contribution >= 0.6 is 11.6 Å². The van der Waals surface area contributed by atoms with Gasteiger partial charge in [-0.05, 0) is 43.7 Å². The second-order valence-electron chi connectivity index (χ2n) is 8.78. The number of halogens is 1. The van der Waals surface area contributed by atoms with Crippen molar-refractivity contribution >= 4 is 46.1 Å². The number of primary amides is 1. The van der Waals surface area contributed by atoms with Crippen molar-refractivity contribution in [1.29, 1.82) is 0 Å². The van der Waals surface area contributed by atoms with E-state index in [1.54, 1.807) is 12.1 Å². The lowest BCUT2D eigenvalue weighted by molar-refractivity contribution is -0.131. The smallest absolute Gasteiger partial charge is 0.268 e. The number of nitrogens with one attached hydrogen (secondary N) is 4. The molecule has 2 aliphatic rings. The predicted octanol–water partition coefficient (Wildman–Crippen LogP) is 1.00. The fraction of sp³-hybridized carbons (Fsp3) is 0.500. The van der Waals surface area contributed by atoms with Gasteiger partial charge in [0.1, 0.15) is 22.9 Å². The van der Waals surface area contributed by atoms with Crippen LogP contribution in [-0.4, -0.2) is 52.2 Å². The maximum atomic E-state index is 13.1. The van der Waals surface area contributed by atoms with Crippen molar-refractivity contribution in [3.8, 4) is 0 Å². The van der Waals surface area contributed by atoms with E-state index in [0.717, 1.165) is 19.3 Å². The van der Waals surface area contributed by atoms with E-state index in [1.807, 2.05) is 0 Å². The first-order chi connectivity index (χ1) is 15.8. The van der Waals surface area contributed by atoms with Gasteiger partial charge in [0, 0.05) is 24.0 Å². The van der Waals surface area contributed by atoms with Gasteiger partial charge in [-0.3, -0.25) is 19.2 Å². The zero-order chi connectivity index (χ0) is 23.5. The van der Waals surface area contributed by atoms with E-state index < -0.39 is 35.7 Å². The quantitative estimate of drug-likeness (QED) is 0.342. The number of nitrogens with zero attached hydrogens (tertiary/aromatic N) is 1. The van der Waals surface area contributed by atoms with Crippen molar-refractivity contribution in [3.05, 3.63) is 29.2 Å². The number of carbonyl (C=O) groups excluding carboxylic acids is 4. The van der Waals surface area contributed by atoms with Crippen LogP contribution in [0.25, 0.3) is 10.9 Å². The maximum Gasteiger partial charge on any atom is 0.268 e. The fourth-order valence-corrected chi connectivity index (χ4v) is 4.37. The molecule has 4 rings (SSSR count). The number of nitrogens with two attached hydrogens (primary N) is 1. The molecule has 1 aliphatic heterocycles. The number of aromatic nitrogens is 2. The summed E-state index contributed by atoms with van der Waals surface area (Å²) in [6.45, 7) is 0.605. The van der Waals surface area contributed by atoms with Gasteiger partial charge in [0.05, 0.1) is 5.52 Å². The molecule has 1 aliphatic carbocycles. The molecule has 0 unspecified atom stereocenters. The zero-order valence-electron chi connectivity index (χ0n) is 18.0. The summed E-state index contributed by atoms with van der Waals surface area (Å²) in [4.78, 5) is 57.0. The zero-order valence-corrected chi connectivity index (χ0v) is 18.8. The lowest BCUT2D eigenvalue weighted by Crippen LogP contribution is -2.54. The summed E-state index contributed by atoms with van der Waals surface area (Å²) >= 11 is 6.09. The first kappa shape index (κ1) is 23.0. The number of piperidine rings is 1. The molecular formula is C22H27ClN6O4. The van der Waals surface area contributed by atoms with Crippen LogP contribution in [0, 0.1) is 11.8 Å². The minimum atomic E-state index is -0.997. The SMILES string of the molecule is NC(=O)[C@H](C[C@@H]1CCCNC1=O)NC(=O)[C@H](CC1CC1)NC(=O)c1cc2c(Cl)nccc2[nH]1. The Kier molecular flexibility index (Phi) is 6.83. The Bertz CT molecular complexity index is 1080. The third-order valence-corrected chi connectivity index (χ3v) is 6.51. The van der Waals surface area contributed by atoms with Crippen molar-refractivity contribution in [2.24, 2.45) is 17.6 Å². The van der Waals surface area contributed by atoms with E-state index in [2.05, 4.69) is 25.9 Å². The third-order valence-electron chi connectivity index (χ3n) is 6.21. The Morgan fingerprint density at radius 1 is 1.18 bits per heavy atom. The van der Waals surface area contributed by atoms with Crippen molar-refractivity contribution in [3.63, 3.8) is 0 Å². The van der Waals surface area contributed by atoms with Gasteiger partial charge in [0.25, 0.3) is 5.91 Å². The molecule has 0 spiro atoms. The Morgan fingerprint density at radius 2 is 1.97 bits per heavy atom. The van der Waals surface area contributed by atoms with Gasteiger partial charge in [-0.1, -0.05) is 24.4 Å². The van der Waals surface area contributed by atoms with Crippen LogP contribution in [0.4, 0.5) is 0 Å². The normalized spacial score (nSPS) is 20.0. The minimum Gasteiger partial charge on any atom is -0.368 e. The molecule has 4 amide bonds. The van der Waals surface area contributed by atoms with Gasteiger partial charge >= 0.3 is 0 Å². The molecule has 3 heterocycles. The molecular weight excluding hydrogens is 448 g/mol. The topological polar surface area (TPSA) is 159 Å². The molecule has 1 saturated carbocycles. The molecule has 11 heteroatoms. The average molecular weight is 475 g/mol. The molecule has 33 heavy (non-hydrogen) atoms. The number of hydrogen-bond donors (Lipinski definition) is 5. The number of aromatic amines is 1. The first-order valence-corrected chi connectivity index (χ1v) is 11.5. The van der Waals surface area contributed by atoms with E-state index in [9.17, 15) is 19.2 Å². The van der Waals surface area contributed by atoms with Crippen molar-refractivity contribution in [2.75, 3.05) is 6.54 Å². The average Bonchev–Trinajstić information content (AvgIpc) is 3.48. The van der Waals surface area contributed by atoms with E-state index in [4.69, 9.17) is 17.3 Å². The number of hydrogen-bond acceptors (Lipinski definition) is 5. The molecule has 0 radical (unpaired) electrons. The first-order valence-electron chi connectivity index (χ1n) is 11.1. The third kappa shape index (κ3) is 5.62. The molecule has 3 atom stereocenters. The Balaban J connectivity index is 1.45. The number of rotatable bonds is 9. The van der Waals surface area contributed by atoms with Gasteiger partial charge in [-0.15, -0.1) is 0 Å². The van der Waals surface area contributed by atoms with Gasteiger partial charge in [0.15, 0.2) is 0 Å². The Morgan fingerprint density at radius 3 is 2.64 bits per heavy atom.